The van der Waals surface area contributed by atoms with Gasteiger partial charge in [-0.05, 0) is 24.6 Å². The van der Waals surface area contributed by atoms with Crippen molar-refractivity contribution in [1.82, 2.24) is 0 Å². The van der Waals surface area contributed by atoms with Crippen LogP contribution in [0.4, 0.5) is 11.4 Å². The van der Waals surface area contributed by atoms with Crippen LogP contribution in [0.25, 0.3) is 0 Å². The van der Waals surface area contributed by atoms with Crippen molar-refractivity contribution in [3.05, 3.63) is 23.2 Å². The van der Waals surface area contributed by atoms with Gasteiger partial charge in [0.15, 0.2) is 0 Å². The van der Waals surface area contributed by atoms with E-state index in [-0.39, 0.29) is 0 Å². The molecule has 0 aliphatic heterocycles. The Labute approximate surface area is 109 Å². The summed E-state index contributed by atoms with van der Waals surface area (Å²) in [6.45, 7) is 4.51. The number of nitrogen functional groups attached to an aromatic ring is 1. The molecule has 96 valence electrons. The van der Waals surface area contributed by atoms with Crippen LogP contribution in [0.5, 0.6) is 0 Å². The van der Waals surface area contributed by atoms with E-state index >= 15 is 0 Å². The molecule has 0 fully saturated rings. The maximum atomic E-state index is 5.95. The predicted molar refractivity (Wildman–Crippen MR) is 74.9 cm³/mol. The number of nitrogens with zero attached hydrogens (tertiary/aromatic N) is 1. The third-order valence-corrected chi connectivity index (χ3v) is 2.85. The fourth-order valence-corrected chi connectivity index (χ4v) is 1.68. The van der Waals surface area contributed by atoms with Crippen molar-refractivity contribution in [3.8, 4) is 0 Å². The van der Waals surface area contributed by atoms with Crippen LogP contribution in [0.1, 0.15) is 19.8 Å². The first-order valence-corrected chi connectivity index (χ1v) is 6.37. The Bertz CT molecular complexity index is 344. The molecular formula is C13H21ClN2O. The van der Waals surface area contributed by atoms with Crippen LogP contribution in [-0.2, 0) is 4.74 Å². The predicted octanol–water partition coefficient (Wildman–Crippen LogP) is 3.18. The van der Waals surface area contributed by atoms with Gasteiger partial charge in [-0.2, -0.15) is 0 Å². The van der Waals surface area contributed by atoms with Crippen LogP contribution >= 0.6 is 11.6 Å². The van der Waals surface area contributed by atoms with E-state index in [4.69, 9.17) is 22.1 Å². The lowest BCUT2D eigenvalue weighted by atomic mass is 10.2. The summed E-state index contributed by atoms with van der Waals surface area (Å²) >= 11 is 5.95. The van der Waals surface area contributed by atoms with Crippen molar-refractivity contribution in [2.24, 2.45) is 0 Å². The molecule has 3 nitrogen and oxygen atoms in total. The standard InChI is InChI=1S/C13H21ClN2O/c1-3-4-8-17-9-7-16(2)13-10-11(14)5-6-12(13)15/h5-6,10H,3-4,7-9,15H2,1-2H3. The molecule has 17 heavy (non-hydrogen) atoms. The summed E-state index contributed by atoms with van der Waals surface area (Å²) in [5.41, 5.74) is 7.60. The molecule has 0 atom stereocenters. The van der Waals surface area contributed by atoms with Gasteiger partial charge >= 0.3 is 0 Å². The van der Waals surface area contributed by atoms with E-state index in [0.29, 0.717) is 11.6 Å². The van der Waals surface area contributed by atoms with E-state index in [2.05, 4.69) is 11.8 Å². The van der Waals surface area contributed by atoms with Crippen molar-refractivity contribution in [3.63, 3.8) is 0 Å². The number of likely N-dealkylation sites (N-methyl/N-ethyl adjacent to an activating group) is 1. The monoisotopic (exact) mass is 256 g/mol. The Balaban J connectivity index is 2.41. The van der Waals surface area contributed by atoms with Crippen LogP contribution < -0.4 is 10.6 Å². The zero-order chi connectivity index (χ0) is 12.7. The SMILES string of the molecule is CCCCOCCN(C)c1cc(Cl)ccc1N. The molecule has 0 amide bonds. The second-order valence-corrected chi connectivity index (χ2v) is 4.53. The van der Waals surface area contributed by atoms with Crippen molar-refractivity contribution < 1.29 is 4.74 Å². The van der Waals surface area contributed by atoms with Gasteiger partial charge in [0.2, 0.25) is 0 Å². The molecule has 1 aromatic rings. The molecule has 2 N–H and O–H groups in total. The van der Waals surface area contributed by atoms with Gasteiger partial charge in [-0.15, -0.1) is 0 Å². The van der Waals surface area contributed by atoms with Crippen molar-refractivity contribution >= 4 is 23.0 Å². The fraction of sp³-hybridized carbons (Fsp3) is 0.538. The van der Waals surface area contributed by atoms with E-state index in [0.717, 1.165) is 37.4 Å². The summed E-state index contributed by atoms with van der Waals surface area (Å²) in [5, 5.41) is 0.702. The maximum absolute atomic E-state index is 5.95. The number of unbranched alkanes of at least 4 members (excludes halogenated alkanes) is 1. The van der Waals surface area contributed by atoms with Crippen LogP contribution in [-0.4, -0.2) is 26.8 Å². The van der Waals surface area contributed by atoms with Gasteiger partial charge in [0.05, 0.1) is 18.0 Å². The first-order chi connectivity index (χ1) is 8.15. The highest BCUT2D eigenvalue weighted by Crippen LogP contribution is 2.25. The summed E-state index contributed by atoms with van der Waals surface area (Å²) in [4.78, 5) is 2.06. The Hall–Kier alpha value is -0.930. The summed E-state index contributed by atoms with van der Waals surface area (Å²) in [7, 11) is 1.99. The lowest BCUT2D eigenvalue weighted by Crippen LogP contribution is -2.23. The van der Waals surface area contributed by atoms with Crippen LogP contribution in [0.3, 0.4) is 0 Å². The minimum atomic E-state index is 0.702. The number of rotatable bonds is 7. The molecule has 0 bridgehead atoms. The number of hydrogen-bond donors (Lipinski definition) is 1. The van der Waals surface area contributed by atoms with Crippen LogP contribution in [0, 0.1) is 0 Å². The summed E-state index contributed by atoms with van der Waals surface area (Å²) < 4.78 is 5.52. The molecule has 0 saturated carbocycles. The van der Waals surface area contributed by atoms with E-state index in [1.807, 2.05) is 19.2 Å². The zero-order valence-electron chi connectivity index (χ0n) is 10.6. The van der Waals surface area contributed by atoms with Crippen molar-refractivity contribution in [2.75, 3.05) is 37.4 Å². The molecule has 0 unspecified atom stereocenters. The summed E-state index contributed by atoms with van der Waals surface area (Å²) in [6.07, 6.45) is 2.28. The Morgan fingerprint density at radius 1 is 1.35 bits per heavy atom. The maximum Gasteiger partial charge on any atom is 0.0641 e. The van der Waals surface area contributed by atoms with Gasteiger partial charge in [-0.1, -0.05) is 24.9 Å². The van der Waals surface area contributed by atoms with Crippen molar-refractivity contribution in [1.29, 1.82) is 0 Å². The molecule has 0 aliphatic carbocycles. The van der Waals surface area contributed by atoms with E-state index < -0.39 is 0 Å². The molecule has 0 spiro atoms. The smallest absolute Gasteiger partial charge is 0.0641 e. The minimum Gasteiger partial charge on any atom is -0.397 e. The van der Waals surface area contributed by atoms with Gasteiger partial charge in [0, 0.05) is 25.2 Å². The van der Waals surface area contributed by atoms with E-state index in [1.165, 1.54) is 0 Å². The number of anilines is 2. The Morgan fingerprint density at radius 3 is 2.82 bits per heavy atom. The third kappa shape index (κ3) is 4.84. The Morgan fingerprint density at radius 2 is 2.12 bits per heavy atom. The molecular weight excluding hydrogens is 236 g/mol. The average molecular weight is 257 g/mol. The number of halogens is 1. The molecule has 0 aliphatic rings. The molecule has 0 aromatic heterocycles. The quantitative estimate of drug-likeness (QED) is 0.602. The number of benzene rings is 1. The molecule has 4 heteroatoms. The second kappa shape index (κ2) is 7.41. The summed E-state index contributed by atoms with van der Waals surface area (Å²) in [6, 6.07) is 5.50. The first kappa shape index (κ1) is 14.1. The normalized spacial score (nSPS) is 10.5. The van der Waals surface area contributed by atoms with E-state index in [1.54, 1.807) is 6.07 Å². The van der Waals surface area contributed by atoms with Gasteiger partial charge < -0.3 is 15.4 Å². The largest absolute Gasteiger partial charge is 0.397 e. The minimum absolute atomic E-state index is 0.702. The molecule has 1 aromatic carbocycles. The highest BCUT2D eigenvalue weighted by atomic mass is 35.5. The fourth-order valence-electron chi connectivity index (χ4n) is 1.52. The summed E-state index contributed by atoms with van der Waals surface area (Å²) in [5.74, 6) is 0. The molecule has 0 saturated heterocycles. The van der Waals surface area contributed by atoms with Gasteiger partial charge in [0.25, 0.3) is 0 Å². The molecule has 0 radical (unpaired) electrons. The third-order valence-electron chi connectivity index (χ3n) is 2.62. The second-order valence-electron chi connectivity index (χ2n) is 4.09. The van der Waals surface area contributed by atoms with Gasteiger partial charge in [-0.3, -0.25) is 0 Å². The highest BCUT2D eigenvalue weighted by Gasteiger charge is 2.05. The average Bonchev–Trinajstić information content (AvgIpc) is 2.32. The topological polar surface area (TPSA) is 38.5 Å². The van der Waals surface area contributed by atoms with Gasteiger partial charge in [-0.25, -0.2) is 0 Å². The lowest BCUT2D eigenvalue weighted by molar-refractivity contribution is 0.138. The lowest BCUT2D eigenvalue weighted by Gasteiger charge is -2.21. The van der Waals surface area contributed by atoms with Gasteiger partial charge in [0.1, 0.15) is 0 Å². The zero-order valence-corrected chi connectivity index (χ0v) is 11.3. The Kier molecular flexibility index (Phi) is 6.16. The number of ether oxygens (including phenoxy) is 1. The molecule has 1 rings (SSSR count). The number of nitrogens with two attached hydrogens (primary N) is 1. The van der Waals surface area contributed by atoms with Crippen LogP contribution in [0.15, 0.2) is 18.2 Å². The highest BCUT2D eigenvalue weighted by molar-refractivity contribution is 6.31. The van der Waals surface area contributed by atoms with Crippen LogP contribution in [0.2, 0.25) is 5.02 Å². The van der Waals surface area contributed by atoms with Crippen molar-refractivity contribution in [2.45, 2.75) is 19.8 Å². The first-order valence-electron chi connectivity index (χ1n) is 5.99. The molecule has 0 heterocycles. The van der Waals surface area contributed by atoms with E-state index in [9.17, 15) is 0 Å². The number of hydrogen-bond acceptors (Lipinski definition) is 3.